The van der Waals surface area contributed by atoms with Gasteiger partial charge in [0.2, 0.25) is 0 Å². The number of rotatable bonds is 5. The second-order valence-corrected chi connectivity index (χ2v) is 6.03. The fourth-order valence-corrected chi connectivity index (χ4v) is 2.88. The number of nitrogens with two attached hydrogens (primary N) is 1. The zero-order chi connectivity index (χ0) is 13.8. The second kappa shape index (κ2) is 6.58. The molecule has 1 heterocycles. The topological polar surface area (TPSA) is 48.4 Å². The van der Waals surface area contributed by atoms with Gasteiger partial charge in [-0.25, -0.2) is 0 Å². The summed E-state index contributed by atoms with van der Waals surface area (Å²) < 4.78 is 11.8. The molecular weight excluding hydrogens is 238 g/mol. The van der Waals surface area contributed by atoms with Crippen LogP contribution in [0, 0.1) is 11.8 Å². The van der Waals surface area contributed by atoms with E-state index in [0.29, 0.717) is 6.10 Å². The van der Waals surface area contributed by atoms with Crippen LogP contribution >= 0.6 is 0 Å². The molecule has 0 aliphatic heterocycles. The minimum absolute atomic E-state index is 0.000746. The van der Waals surface area contributed by atoms with Crippen LogP contribution in [0.1, 0.15) is 58.3 Å². The van der Waals surface area contributed by atoms with E-state index in [1.54, 1.807) is 6.26 Å². The maximum Gasteiger partial charge on any atom is 0.134 e. The summed E-state index contributed by atoms with van der Waals surface area (Å²) in [5.41, 5.74) is 6.20. The van der Waals surface area contributed by atoms with Crippen molar-refractivity contribution in [3.8, 4) is 0 Å². The molecule has 5 unspecified atom stereocenters. The zero-order valence-electron chi connectivity index (χ0n) is 12.3. The van der Waals surface area contributed by atoms with E-state index in [1.165, 1.54) is 6.42 Å². The van der Waals surface area contributed by atoms with E-state index >= 15 is 0 Å². The quantitative estimate of drug-likeness (QED) is 0.878. The Morgan fingerprint density at radius 1 is 1.37 bits per heavy atom. The van der Waals surface area contributed by atoms with E-state index < -0.39 is 0 Å². The summed E-state index contributed by atoms with van der Waals surface area (Å²) in [6, 6.07) is 3.87. The van der Waals surface area contributed by atoms with Crippen molar-refractivity contribution >= 4 is 0 Å². The van der Waals surface area contributed by atoms with Gasteiger partial charge in [-0.1, -0.05) is 20.8 Å². The molecule has 1 saturated carbocycles. The fourth-order valence-electron chi connectivity index (χ4n) is 2.88. The molecule has 5 atom stereocenters. The molecule has 3 nitrogen and oxygen atoms in total. The van der Waals surface area contributed by atoms with Crippen LogP contribution < -0.4 is 5.73 Å². The van der Waals surface area contributed by atoms with Crippen LogP contribution in [0.15, 0.2) is 22.8 Å². The molecule has 2 rings (SSSR count). The molecule has 0 saturated heterocycles. The molecule has 1 aliphatic rings. The van der Waals surface area contributed by atoms with Crippen molar-refractivity contribution in [3.63, 3.8) is 0 Å². The van der Waals surface area contributed by atoms with Crippen LogP contribution in [0.5, 0.6) is 0 Å². The average Bonchev–Trinajstić information content (AvgIpc) is 2.93. The van der Waals surface area contributed by atoms with Gasteiger partial charge in [0.15, 0.2) is 0 Å². The third-order valence-electron chi connectivity index (χ3n) is 4.57. The predicted molar refractivity (Wildman–Crippen MR) is 76.8 cm³/mol. The summed E-state index contributed by atoms with van der Waals surface area (Å²) in [6.07, 6.45) is 6.32. The summed E-state index contributed by atoms with van der Waals surface area (Å²) in [6.45, 7) is 6.75. The molecule has 1 aromatic heterocycles. The Hall–Kier alpha value is -0.800. The monoisotopic (exact) mass is 265 g/mol. The van der Waals surface area contributed by atoms with Crippen LogP contribution in [-0.4, -0.2) is 12.1 Å². The number of ether oxygens (including phenoxy) is 1. The zero-order valence-corrected chi connectivity index (χ0v) is 12.3. The lowest BCUT2D eigenvalue weighted by atomic mass is 9.80. The Balaban J connectivity index is 2.00. The predicted octanol–water partition coefficient (Wildman–Crippen LogP) is 3.90. The van der Waals surface area contributed by atoms with Crippen molar-refractivity contribution in [1.82, 2.24) is 0 Å². The first kappa shape index (κ1) is 14.6. The minimum Gasteiger partial charge on any atom is -0.467 e. The SMILES string of the molecule is CCC(N)C(OC1CCC(C)C(C)C1)c1ccco1. The highest BCUT2D eigenvalue weighted by molar-refractivity contribution is 5.05. The Bertz CT molecular complexity index is 363. The third-order valence-corrected chi connectivity index (χ3v) is 4.57. The Kier molecular flexibility index (Phi) is 5.06. The van der Waals surface area contributed by atoms with E-state index in [4.69, 9.17) is 14.9 Å². The molecule has 3 heteroatoms. The van der Waals surface area contributed by atoms with Gasteiger partial charge in [-0.2, -0.15) is 0 Å². The molecule has 0 aromatic carbocycles. The molecule has 19 heavy (non-hydrogen) atoms. The van der Waals surface area contributed by atoms with E-state index in [1.807, 2.05) is 12.1 Å². The Morgan fingerprint density at radius 2 is 2.16 bits per heavy atom. The molecular formula is C16H27NO2. The number of furan rings is 1. The fraction of sp³-hybridized carbons (Fsp3) is 0.750. The molecule has 0 spiro atoms. The van der Waals surface area contributed by atoms with Crippen molar-refractivity contribution in [3.05, 3.63) is 24.2 Å². The first-order chi connectivity index (χ1) is 9.11. The number of hydrogen-bond acceptors (Lipinski definition) is 3. The average molecular weight is 265 g/mol. The summed E-state index contributed by atoms with van der Waals surface area (Å²) in [7, 11) is 0. The molecule has 0 radical (unpaired) electrons. The third kappa shape index (κ3) is 3.61. The van der Waals surface area contributed by atoms with E-state index in [0.717, 1.165) is 36.9 Å². The lowest BCUT2D eigenvalue weighted by molar-refractivity contribution is -0.0675. The first-order valence-corrected chi connectivity index (χ1v) is 7.56. The van der Waals surface area contributed by atoms with E-state index in [2.05, 4.69) is 20.8 Å². The molecule has 108 valence electrons. The van der Waals surface area contributed by atoms with Crippen molar-refractivity contribution in [2.45, 2.75) is 64.7 Å². The lowest BCUT2D eigenvalue weighted by Gasteiger charge is -2.35. The van der Waals surface area contributed by atoms with Gasteiger partial charge in [-0.05, 0) is 49.7 Å². The maximum atomic E-state index is 6.29. The van der Waals surface area contributed by atoms with Crippen LogP contribution in [0.25, 0.3) is 0 Å². The molecule has 0 bridgehead atoms. The molecule has 2 N–H and O–H groups in total. The number of hydrogen-bond donors (Lipinski definition) is 1. The van der Waals surface area contributed by atoms with Crippen molar-refractivity contribution in [2.75, 3.05) is 0 Å². The van der Waals surface area contributed by atoms with Gasteiger partial charge in [0, 0.05) is 6.04 Å². The van der Waals surface area contributed by atoms with E-state index in [9.17, 15) is 0 Å². The highest BCUT2D eigenvalue weighted by atomic mass is 16.5. The summed E-state index contributed by atoms with van der Waals surface area (Å²) in [4.78, 5) is 0. The van der Waals surface area contributed by atoms with Gasteiger partial charge < -0.3 is 14.9 Å². The van der Waals surface area contributed by atoms with Gasteiger partial charge in [0.25, 0.3) is 0 Å². The normalized spacial score (nSPS) is 31.1. The van der Waals surface area contributed by atoms with Crippen molar-refractivity contribution < 1.29 is 9.15 Å². The summed E-state index contributed by atoms with van der Waals surface area (Å²) in [5.74, 6) is 2.40. The minimum atomic E-state index is -0.106. The first-order valence-electron chi connectivity index (χ1n) is 7.56. The molecule has 1 fully saturated rings. The Labute approximate surface area is 116 Å². The van der Waals surface area contributed by atoms with E-state index in [-0.39, 0.29) is 12.1 Å². The van der Waals surface area contributed by atoms with Crippen LogP contribution in [0.4, 0.5) is 0 Å². The van der Waals surface area contributed by atoms with Crippen molar-refractivity contribution in [2.24, 2.45) is 17.6 Å². The molecule has 0 amide bonds. The smallest absolute Gasteiger partial charge is 0.134 e. The maximum absolute atomic E-state index is 6.29. The van der Waals surface area contributed by atoms with Crippen LogP contribution in [0.2, 0.25) is 0 Å². The van der Waals surface area contributed by atoms with Gasteiger partial charge in [-0.15, -0.1) is 0 Å². The van der Waals surface area contributed by atoms with Gasteiger partial charge in [0.1, 0.15) is 11.9 Å². The summed E-state index contributed by atoms with van der Waals surface area (Å²) >= 11 is 0. The Morgan fingerprint density at radius 3 is 2.74 bits per heavy atom. The van der Waals surface area contributed by atoms with Gasteiger partial charge >= 0.3 is 0 Å². The van der Waals surface area contributed by atoms with Crippen molar-refractivity contribution in [1.29, 1.82) is 0 Å². The van der Waals surface area contributed by atoms with Crippen LogP contribution in [-0.2, 0) is 4.74 Å². The second-order valence-electron chi connectivity index (χ2n) is 6.03. The molecule has 1 aromatic rings. The largest absolute Gasteiger partial charge is 0.467 e. The highest BCUT2D eigenvalue weighted by Crippen LogP contribution is 2.34. The molecule has 1 aliphatic carbocycles. The lowest BCUT2D eigenvalue weighted by Crippen LogP contribution is -2.35. The van der Waals surface area contributed by atoms with Crippen LogP contribution in [0.3, 0.4) is 0 Å². The van der Waals surface area contributed by atoms with Gasteiger partial charge in [0.05, 0.1) is 12.4 Å². The standard InChI is InChI=1S/C16H27NO2/c1-4-14(17)16(15-6-5-9-18-15)19-13-8-7-11(2)12(3)10-13/h5-6,9,11-14,16H,4,7-8,10,17H2,1-3H3. The summed E-state index contributed by atoms with van der Waals surface area (Å²) in [5, 5.41) is 0. The van der Waals surface area contributed by atoms with Gasteiger partial charge in [-0.3, -0.25) is 0 Å². The highest BCUT2D eigenvalue weighted by Gasteiger charge is 2.30.